The Morgan fingerprint density at radius 3 is 2.72 bits per heavy atom. The first kappa shape index (κ1) is 19.4. The SMILES string of the molecule is C[C@H]1CCCC[C@H]1NC(=O)NC(=O)COC(=O)c1cc(F)ccc1Br. The van der Waals surface area contributed by atoms with Gasteiger partial charge in [-0.05, 0) is 52.9 Å². The summed E-state index contributed by atoms with van der Waals surface area (Å²) in [6, 6.07) is 2.98. The van der Waals surface area contributed by atoms with E-state index in [4.69, 9.17) is 4.74 Å². The van der Waals surface area contributed by atoms with E-state index in [1.165, 1.54) is 12.1 Å². The van der Waals surface area contributed by atoms with Crippen molar-refractivity contribution in [2.24, 2.45) is 5.92 Å². The average molecular weight is 415 g/mol. The molecule has 0 bridgehead atoms. The van der Waals surface area contributed by atoms with Gasteiger partial charge in [0.25, 0.3) is 5.91 Å². The van der Waals surface area contributed by atoms with Crippen molar-refractivity contribution in [1.29, 1.82) is 0 Å². The predicted molar refractivity (Wildman–Crippen MR) is 92.5 cm³/mol. The van der Waals surface area contributed by atoms with Crippen LogP contribution in [0.5, 0.6) is 0 Å². The highest BCUT2D eigenvalue weighted by molar-refractivity contribution is 9.10. The Balaban J connectivity index is 1.79. The number of rotatable bonds is 4. The van der Waals surface area contributed by atoms with Crippen LogP contribution < -0.4 is 10.6 Å². The van der Waals surface area contributed by atoms with Gasteiger partial charge in [-0.3, -0.25) is 10.1 Å². The lowest BCUT2D eigenvalue weighted by molar-refractivity contribution is -0.123. The molecule has 0 saturated heterocycles. The second-order valence-corrected chi connectivity index (χ2v) is 6.94. The molecule has 0 spiro atoms. The molecule has 8 heteroatoms. The van der Waals surface area contributed by atoms with E-state index in [1.54, 1.807) is 0 Å². The maximum absolute atomic E-state index is 13.2. The molecule has 25 heavy (non-hydrogen) atoms. The highest BCUT2D eigenvalue weighted by atomic mass is 79.9. The van der Waals surface area contributed by atoms with E-state index >= 15 is 0 Å². The van der Waals surface area contributed by atoms with E-state index in [-0.39, 0.29) is 11.6 Å². The molecule has 0 unspecified atom stereocenters. The summed E-state index contributed by atoms with van der Waals surface area (Å²) in [5.74, 6) is -1.84. The van der Waals surface area contributed by atoms with Crippen molar-refractivity contribution in [3.05, 3.63) is 34.1 Å². The monoisotopic (exact) mass is 414 g/mol. The van der Waals surface area contributed by atoms with Gasteiger partial charge < -0.3 is 10.1 Å². The minimum absolute atomic E-state index is 0.0340. The molecule has 136 valence electrons. The van der Waals surface area contributed by atoms with Gasteiger partial charge in [0.1, 0.15) is 5.82 Å². The van der Waals surface area contributed by atoms with Gasteiger partial charge >= 0.3 is 12.0 Å². The summed E-state index contributed by atoms with van der Waals surface area (Å²) in [6.45, 7) is 1.43. The standard InChI is InChI=1S/C17H20BrFN2O4/c1-10-4-2-3-5-14(10)20-17(24)21-15(22)9-25-16(23)12-8-11(19)6-7-13(12)18/h6-8,10,14H,2-5,9H2,1H3,(H2,20,21,22,24)/t10-,14+/m0/s1. The first-order chi connectivity index (χ1) is 11.9. The van der Waals surface area contributed by atoms with Gasteiger partial charge in [-0.1, -0.05) is 19.8 Å². The maximum Gasteiger partial charge on any atom is 0.339 e. The van der Waals surface area contributed by atoms with Crippen LogP contribution in [0.1, 0.15) is 43.0 Å². The molecule has 3 amide bonds. The van der Waals surface area contributed by atoms with Gasteiger partial charge in [-0.25, -0.2) is 14.0 Å². The third-order valence-corrected chi connectivity index (χ3v) is 4.86. The number of halogens is 2. The highest BCUT2D eigenvalue weighted by Crippen LogP contribution is 2.23. The Bertz CT molecular complexity index is 668. The molecular weight excluding hydrogens is 395 g/mol. The van der Waals surface area contributed by atoms with Crippen LogP contribution in [0.25, 0.3) is 0 Å². The van der Waals surface area contributed by atoms with E-state index in [0.717, 1.165) is 31.7 Å². The number of carbonyl (C=O) groups is 3. The molecule has 0 aromatic heterocycles. The third kappa shape index (κ3) is 5.81. The van der Waals surface area contributed by atoms with Crippen molar-refractivity contribution in [2.45, 2.75) is 38.6 Å². The number of ether oxygens (including phenoxy) is 1. The van der Waals surface area contributed by atoms with Crippen molar-refractivity contribution in [1.82, 2.24) is 10.6 Å². The van der Waals surface area contributed by atoms with Gasteiger partial charge in [0.2, 0.25) is 0 Å². The quantitative estimate of drug-likeness (QED) is 0.741. The lowest BCUT2D eigenvalue weighted by Crippen LogP contribution is -2.48. The summed E-state index contributed by atoms with van der Waals surface area (Å²) < 4.78 is 18.3. The van der Waals surface area contributed by atoms with Crippen molar-refractivity contribution in [3.63, 3.8) is 0 Å². The minimum Gasteiger partial charge on any atom is -0.452 e. The molecule has 1 aromatic carbocycles. The summed E-state index contributed by atoms with van der Waals surface area (Å²) in [5, 5.41) is 4.90. The van der Waals surface area contributed by atoms with E-state index in [2.05, 4.69) is 33.5 Å². The number of esters is 1. The van der Waals surface area contributed by atoms with Crippen LogP contribution >= 0.6 is 15.9 Å². The van der Waals surface area contributed by atoms with E-state index in [0.29, 0.717) is 10.4 Å². The maximum atomic E-state index is 13.2. The van der Waals surface area contributed by atoms with E-state index in [9.17, 15) is 18.8 Å². The smallest absolute Gasteiger partial charge is 0.339 e. The molecule has 6 nitrogen and oxygen atoms in total. The first-order valence-corrected chi connectivity index (χ1v) is 8.88. The lowest BCUT2D eigenvalue weighted by Gasteiger charge is -2.29. The van der Waals surface area contributed by atoms with Crippen LogP contribution in [-0.2, 0) is 9.53 Å². The second kappa shape index (κ2) is 8.94. The van der Waals surface area contributed by atoms with E-state index < -0.39 is 30.3 Å². The minimum atomic E-state index is -0.858. The van der Waals surface area contributed by atoms with Crippen LogP contribution in [0, 0.1) is 11.7 Å². The largest absolute Gasteiger partial charge is 0.452 e. The zero-order valence-corrected chi connectivity index (χ0v) is 15.4. The number of nitrogens with one attached hydrogen (secondary N) is 2. The van der Waals surface area contributed by atoms with Crippen molar-refractivity contribution in [2.75, 3.05) is 6.61 Å². The molecule has 0 heterocycles. The Morgan fingerprint density at radius 1 is 1.28 bits per heavy atom. The Hall–Kier alpha value is -1.96. The van der Waals surface area contributed by atoms with Gasteiger partial charge in [-0.2, -0.15) is 0 Å². The van der Waals surface area contributed by atoms with Crippen molar-refractivity contribution in [3.8, 4) is 0 Å². The molecule has 1 fully saturated rings. The zero-order chi connectivity index (χ0) is 18.4. The Labute approximate surface area is 153 Å². The molecule has 0 radical (unpaired) electrons. The van der Waals surface area contributed by atoms with Crippen LogP contribution in [0.4, 0.5) is 9.18 Å². The van der Waals surface area contributed by atoms with Crippen LogP contribution in [-0.4, -0.2) is 30.6 Å². The number of benzene rings is 1. The van der Waals surface area contributed by atoms with Crippen molar-refractivity contribution >= 4 is 33.8 Å². The first-order valence-electron chi connectivity index (χ1n) is 8.09. The molecule has 0 aliphatic heterocycles. The second-order valence-electron chi connectivity index (χ2n) is 6.09. The average Bonchev–Trinajstić information content (AvgIpc) is 2.57. The highest BCUT2D eigenvalue weighted by Gasteiger charge is 2.23. The topological polar surface area (TPSA) is 84.5 Å². The summed E-state index contributed by atoms with van der Waals surface area (Å²) in [6.07, 6.45) is 4.11. The Kier molecular flexibility index (Phi) is 6.92. The molecule has 1 saturated carbocycles. The summed E-state index contributed by atoms with van der Waals surface area (Å²) >= 11 is 3.11. The molecule has 2 atom stereocenters. The van der Waals surface area contributed by atoms with Gasteiger partial charge in [0.05, 0.1) is 5.56 Å². The molecule has 1 aliphatic rings. The lowest BCUT2D eigenvalue weighted by atomic mass is 9.86. The van der Waals surface area contributed by atoms with Crippen LogP contribution in [0.15, 0.2) is 22.7 Å². The Morgan fingerprint density at radius 2 is 2.00 bits per heavy atom. The van der Waals surface area contributed by atoms with Gasteiger partial charge in [0.15, 0.2) is 6.61 Å². The molecule has 1 aliphatic carbocycles. The summed E-state index contributed by atoms with van der Waals surface area (Å²) in [5.41, 5.74) is -0.0340. The molecule has 1 aromatic rings. The number of imide groups is 1. The fourth-order valence-corrected chi connectivity index (χ4v) is 3.17. The summed E-state index contributed by atoms with van der Waals surface area (Å²) in [7, 11) is 0. The normalized spacial score (nSPS) is 19.8. The number of hydrogen-bond donors (Lipinski definition) is 2. The van der Waals surface area contributed by atoms with Crippen molar-refractivity contribution < 1.29 is 23.5 Å². The number of carbonyl (C=O) groups excluding carboxylic acids is 3. The van der Waals surface area contributed by atoms with Gasteiger partial charge in [0, 0.05) is 10.5 Å². The van der Waals surface area contributed by atoms with E-state index in [1.807, 2.05) is 0 Å². The number of urea groups is 1. The fourth-order valence-electron chi connectivity index (χ4n) is 2.76. The molecular formula is C17H20BrFN2O4. The number of hydrogen-bond acceptors (Lipinski definition) is 4. The third-order valence-electron chi connectivity index (χ3n) is 4.16. The van der Waals surface area contributed by atoms with Gasteiger partial charge in [-0.15, -0.1) is 0 Å². The molecule has 2 N–H and O–H groups in total. The molecule has 2 rings (SSSR count). The number of amides is 3. The predicted octanol–water partition coefficient (Wildman–Crippen LogP) is 3.15. The summed E-state index contributed by atoms with van der Waals surface area (Å²) in [4.78, 5) is 35.4. The fraction of sp³-hybridized carbons (Fsp3) is 0.471. The zero-order valence-electron chi connectivity index (χ0n) is 13.8. The van der Waals surface area contributed by atoms with Crippen LogP contribution in [0.3, 0.4) is 0 Å². The van der Waals surface area contributed by atoms with Crippen LogP contribution in [0.2, 0.25) is 0 Å².